The minimum absolute atomic E-state index is 0.0728. The number of aromatic nitrogens is 3. The summed E-state index contributed by atoms with van der Waals surface area (Å²) in [6.07, 6.45) is 2.53. The highest BCUT2D eigenvalue weighted by atomic mass is 16.1. The summed E-state index contributed by atoms with van der Waals surface area (Å²) in [5, 5.41) is 3.01. The number of hydrogen-bond donors (Lipinski definition) is 1. The minimum Gasteiger partial charge on any atom is -0.347 e. The number of aryl methyl sites for hydroxylation is 1. The Hall–Kier alpha value is -2.99. The van der Waals surface area contributed by atoms with Crippen molar-refractivity contribution in [2.24, 2.45) is 0 Å². The zero-order valence-corrected chi connectivity index (χ0v) is 16.1. The van der Waals surface area contributed by atoms with Crippen molar-refractivity contribution in [2.75, 3.05) is 13.1 Å². The first-order valence-electron chi connectivity index (χ1n) is 9.70. The summed E-state index contributed by atoms with van der Waals surface area (Å²) in [5.74, 6) is 0.904. The molecule has 0 unspecified atom stereocenters. The normalized spacial score (nSPS) is 14.3. The Morgan fingerprint density at radius 3 is 2.75 bits per heavy atom. The van der Waals surface area contributed by atoms with Gasteiger partial charge in [-0.25, -0.2) is 4.98 Å². The van der Waals surface area contributed by atoms with Gasteiger partial charge in [-0.1, -0.05) is 36.4 Å². The maximum atomic E-state index is 12.7. The molecule has 6 heteroatoms. The van der Waals surface area contributed by atoms with Gasteiger partial charge in [0.05, 0.1) is 11.9 Å². The number of carbonyl (C=O) groups is 1. The quantitative estimate of drug-likeness (QED) is 0.745. The van der Waals surface area contributed by atoms with E-state index in [4.69, 9.17) is 0 Å². The fourth-order valence-electron chi connectivity index (χ4n) is 3.60. The second kappa shape index (κ2) is 8.35. The molecular formula is C22H25N5O. The Morgan fingerprint density at radius 1 is 1.07 bits per heavy atom. The molecule has 1 aliphatic rings. The van der Waals surface area contributed by atoms with E-state index < -0.39 is 0 Å². The average molecular weight is 375 g/mol. The molecule has 1 N–H and O–H groups in total. The second-order valence-corrected chi connectivity index (χ2v) is 7.18. The lowest BCUT2D eigenvalue weighted by atomic mass is 10.2. The van der Waals surface area contributed by atoms with Gasteiger partial charge in [0.25, 0.3) is 5.91 Å². The Kier molecular flexibility index (Phi) is 5.48. The molecule has 0 spiro atoms. The van der Waals surface area contributed by atoms with Crippen LogP contribution in [0.1, 0.15) is 33.3 Å². The molecule has 0 aliphatic carbocycles. The highest BCUT2D eigenvalue weighted by Crippen LogP contribution is 2.14. The number of amides is 1. The van der Waals surface area contributed by atoms with Crippen molar-refractivity contribution in [1.29, 1.82) is 0 Å². The van der Waals surface area contributed by atoms with Crippen molar-refractivity contribution in [2.45, 2.75) is 33.0 Å². The zero-order chi connectivity index (χ0) is 19.3. The van der Waals surface area contributed by atoms with E-state index in [1.165, 1.54) is 0 Å². The number of fused-ring (bicyclic) bond motifs is 1. The van der Waals surface area contributed by atoms with Crippen LogP contribution in [-0.2, 0) is 26.1 Å². The van der Waals surface area contributed by atoms with Crippen molar-refractivity contribution >= 4 is 5.91 Å². The van der Waals surface area contributed by atoms with Gasteiger partial charge in [-0.2, -0.15) is 0 Å². The molecule has 1 amide bonds. The lowest BCUT2D eigenvalue weighted by molar-refractivity contribution is 0.0940. The molecule has 3 heterocycles. The van der Waals surface area contributed by atoms with E-state index in [2.05, 4.69) is 36.9 Å². The van der Waals surface area contributed by atoms with Crippen LogP contribution in [-0.4, -0.2) is 38.4 Å². The standard InChI is InChI=1S/C22H25N5O/c1-17-6-5-9-19(25-17)16-26-11-10-21-23-15-20(27(21)13-12-26)22(28)24-14-18-7-3-2-4-8-18/h2-9,15H,10-14,16H2,1H3,(H,24,28). The third-order valence-corrected chi connectivity index (χ3v) is 5.09. The summed E-state index contributed by atoms with van der Waals surface area (Å²) in [5.41, 5.74) is 3.85. The van der Waals surface area contributed by atoms with Gasteiger partial charge in [0.2, 0.25) is 0 Å². The van der Waals surface area contributed by atoms with Crippen LogP contribution in [0.5, 0.6) is 0 Å². The smallest absolute Gasteiger partial charge is 0.269 e. The van der Waals surface area contributed by atoms with Gasteiger partial charge in [-0.15, -0.1) is 0 Å². The molecule has 3 aromatic rings. The summed E-state index contributed by atoms with van der Waals surface area (Å²) < 4.78 is 2.06. The van der Waals surface area contributed by atoms with Crippen molar-refractivity contribution in [1.82, 2.24) is 24.8 Å². The van der Waals surface area contributed by atoms with Crippen LogP contribution in [0.3, 0.4) is 0 Å². The van der Waals surface area contributed by atoms with E-state index >= 15 is 0 Å². The van der Waals surface area contributed by atoms with E-state index in [1.807, 2.05) is 43.3 Å². The fraction of sp³-hybridized carbons (Fsp3) is 0.318. The molecule has 0 atom stereocenters. The maximum Gasteiger partial charge on any atom is 0.269 e. The summed E-state index contributed by atoms with van der Waals surface area (Å²) >= 11 is 0. The predicted octanol–water partition coefficient (Wildman–Crippen LogP) is 2.57. The molecule has 0 saturated carbocycles. The minimum atomic E-state index is -0.0728. The molecular weight excluding hydrogens is 350 g/mol. The van der Waals surface area contributed by atoms with E-state index in [0.717, 1.165) is 55.4 Å². The highest BCUT2D eigenvalue weighted by molar-refractivity contribution is 5.92. The van der Waals surface area contributed by atoms with Crippen molar-refractivity contribution < 1.29 is 4.79 Å². The first-order chi connectivity index (χ1) is 13.7. The van der Waals surface area contributed by atoms with Gasteiger partial charge >= 0.3 is 0 Å². The van der Waals surface area contributed by atoms with E-state index in [0.29, 0.717) is 12.2 Å². The third-order valence-electron chi connectivity index (χ3n) is 5.09. The first kappa shape index (κ1) is 18.4. The maximum absolute atomic E-state index is 12.7. The van der Waals surface area contributed by atoms with Gasteiger partial charge in [0.15, 0.2) is 0 Å². The molecule has 0 saturated heterocycles. The Labute approximate surface area is 165 Å². The number of carbonyl (C=O) groups excluding carboxylic acids is 1. The van der Waals surface area contributed by atoms with Crippen molar-refractivity contribution in [3.8, 4) is 0 Å². The van der Waals surface area contributed by atoms with Gasteiger partial charge in [-0.05, 0) is 24.6 Å². The van der Waals surface area contributed by atoms with Gasteiger partial charge in [0, 0.05) is 44.8 Å². The summed E-state index contributed by atoms with van der Waals surface area (Å²) in [4.78, 5) is 24.2. The largest absolute Gasteiger partial charge is 0.347 e. The number of imidazole rings is 1. The van der Waals surface area contributed by atoms with Crippen molar-refractivity contribution in [3.63, 3.8) is 0 Å². The SMILES string of the molecule is Cc1cccc(CN2CCc3ncc(C(=O)NCc4ccccc4)n3CC2)n1. The van der Waals surface area contributed by atoms with Crippen LogP contribution in [0.25, 0.3) is 0 Å². The lowest BCUT2D eigenvalue weighted by Crippen LogP contribution is -2.29. The molecule has 0 radical (unpaired) electrons. The second-order valence-electron chi connectivity index (χ2n) is 7.18. The molecule has 2 aromatic heterocycles. The number of hydrogen-bond acceptors (Lipinski definition) is 4. The number of nitrogens with one attached hydrogen (secondary N) is 1. The van der Waals surface area contributed by atoms with Crippen LogP contribution >= 0.6 is 0 Å². The Morgan fingerprint density at radius 2 is 1.93 bits per heavy atom. The highest BCUT2D eigenvalue weighted by Gasteiger charge is 2.21. The Bertz CT molecular complexity index is 951. The van der Waals surface area contributed by atoms with Gasteiger partial charge in [-0.3, -0.25) is 14.7 Å². The average Bonchev–Trinajstić information content (AvgIpc) is 3.02. The molecule has 1 aromatic carbocycles. The summed E-state index contributed by atoms with van der Waals surface area (Å²) in [7, 11) is 0. The van der Waals surface area contributed by atoms with Crippen LogP contribution < -0.4 is 5.32 Å². The molecule has 4 rings (SSSR count). The summed E-state index contributed by atoms with van der Waals surface area (Å²) in [6, 6.07) is 16.1. The molecule has 0 fully saturated rings. The third kappa shape index (κ3) is 4.28. The Balaban J connectivity index is 1.39. The molecule has 0 bridgehead atoms. The van der Waals surface area contributed by atoms with Crippen molar-refractivity contribution in [3.05, 3.63) is 83.2 Å². The monoisotopic (exact) mass is 375 g/mol. The number of rotatable bonds is 5. The van der Waals surface area contributed by atoms with Crippen LogP contribution in [0, 0.1) is 6.92 Å². The molecule has 6 nitrogen and oxygen atoms in total. The number of pyridine rings is 1. The topological polar surface area (TPSA) is 63.1 Å². The van der Waals surface area contributed by atoms with E-state index in [1.54, 1.807) is 6.20 Å². The fourth-order valence-corrected chi connectivity index (χ4v) is 3.60. The number of benzene rings is 1. The van der Waals surface area contributed by atoms with Crippen LogP contribution in [0.2, 0.25) is 0 Å². The lowest BCUT2D eigenvalue weighted by Gasteiger charge is -2.19. The molecule has 1 aliphatic heterocycles. The van der Waals surface area contributed by atoms with E-state index in [9.17, 15) is 4.79 Å². The van der Waals surface area contributed by atoms with Crippen LogP contribution in [0.4, 0.5) is 0 Å². The predicted molar refractivity (Wildman–Crippen MR) is 108 cm³/mol. The summed E-state index contributed by atoms with van der Waals surface area (Å²) in [6.45, 7) is 5.90. The van der Waals surface area contributed by atoms with E-state index in [-0.39, 0.29) is 5.91 Å². The molecule has 28 heavy (non-hydrogen) atoms. The zero-order valence-electron chi connectivity index (χ0n) is 16.1. The van der Waals surface area contributed by atoms with Gasteiger partial charge < -0.3 is 9.88 Å². The van der Waals surface area contributed by atoms with Gasteiger partial charge in [0.1, 0.15) is 11.5 Å². The molecule has 144 valence electrons. The van der Waals surface area contributed by atoms with Crippen LogP contribution in [0.15, 0.2) is 54.7 Å². The first-order valence-corrected chi connectivity index (χ1v) is 9.70. The number of nitrogens with zero attached hydrogens (tertiary/aromatic N) is 4.